The lowest BCUT2D eigenvalue weighted by molar-refractivity contribution is -0.143. The molecular weight excluding hydrogens is 294 g/mol. The van der Waals surface area contributed by atoms with Crippen molar-refractivity contribution in [1.29, 1.82) is 0 Å². The third kappa shape index (κ3) is 4.09. The molecule has 0 spiro atoms. The molecule has 2 rings (SSSR count). The van der Waals surface area contributed by atoms with Gasteiger partial charge in [-0.1, -0.05) is 11.6 Å². The molecule has 2 N–H and O–H groups in total. The molecule has 1 aromatic rings. The minimum Gasteiger partial charge on any atom is -0.495 e. The number of amides is 2. The van der Waals surface area contributed by atoms with Crippen LogP contribution < -0.4 is 15.4 Å². The fourth-order valence-electron chi connectivity index (χ4n) is 2.11. The summed E-state index contributed by atoms with van der Waals surface area (Å²) in [4.78, 5) is 25.7. The summed E-state index contributed by atoms with van der Waals surface area (Å²) in [7, 11) is 1.49. The minimum atomic E-state index is -0.652. The van der Waals surface area contributed by atoms with Gasteiger partial charge in [-0.15, -0.1) is 0 Å². The highest BCUT2D eigenvalue weighted by atomic mass is 35.5. The van der Waals surface area contributed by atoms with Crippen molar-refractivity contribution in [2.45, 2.75) is 6.42 Å². The SMILES string of the molecule is COc1cc(NC(=O)C(=O)N2CCCNCC2)ccc1Cl. The molecule has 1 saturated heterocycles. The lowest BCUT2D eigenvalue weighted by Crippen LogP contribution is -2.41. The van der Waals surface area contributed by atoms with E-state index in [4.69, 9.17) is 16.3 Å². The van der Waals surface area contributed by atoms with Gasteiger partial charge in [0, 0.05) is 31.4 Å². The van der Waals surface area contributed by atoms with Gasteiger partial charge in [0.15, 0.2) is 0 Å². The van der Waals surface area contributed by atoms with E-state index < -0.39 is 11.8 Å². The van der Waals surface area contributed by atoms with Crippen LogP contribution in [0.25, 0.3) is 0 Å². The molecule has 1 aromatic carbocycles. The first kappa shape index (κ1) is 15.6. The van der Waals surface area contributed by atoms with Crippen LogP contribution in [0.1, 0.15) is 6.42 Å². The van der Waals surface area contributed by atoms with Gasteiger partial charge in [-0.05, 0) is 25.1 Å². The summed E-state index contributed by atoms with van der Waals surface area (Å²) < 4.78 is 5.07. The number of carbonyl (C=O) groups is 2. The maximum atomic E-state index is 12.1. The minimum absolute atomic E-state index is 0.445. The van der Waals surface area contributed by atoms with E-state index in [1.54, 1.807) is 23.1 Å². The Kier molecular flexibility index (Phi) is 5.41. The Labute approximate surface area is 128 Å². The van der Waals surface area contributed by atoms with Crippen molar-refractivity contribution in [3.8, 4) is 5.75 Å². The first-order chi connectivity index (χ1) is 10.1. The Morgan fingerprint density at radius 3 is 2.90 bits per heavy atom. The van der Waals surface area contributed by atoms with Gasteiger partial charge in [0.1, 0.15) is 5.75 Å². The largest absolute Gasteiger partial charge is 0.495 e. The van der Waals surface area contributed by atoms with Crippen LogP contribution in [0.4, 0.5) is 5.69 Å². The number of carbonyl (C=O) groups excluding carboxylic acids is 2. The van der Waals surface area contributed by atoms with Crippen molar-refractivity contribution >= 4 is 29.1 Å². The van der Waals surface area contributed by atoms with Gasteiger partial charge in [-0.3, -0.25) is 9.59 Å². The van der Waals surface area contributed by atoms with Crippen LogP contribution in [0, 0.1) is 0 Å². The molecule has 1 aliphatic heterocycles. The summed E-state index contributed by atoms with van der Waals surface area (Å²) in [6.45, 7) is 2.69. The highest BCUT2D eigenvalue weighted by Crippen LogP contribution is 2.27. The zero-order valence-electron chi connectivity index (χ0n) is 11.8. The Morgan fingerprint density at radius 2 is 2.14 bits per heavy atom. The summed E-state index contributed by atoms with van der Waals surface area (Å²) in [6, 6.07) is 4.81. The number of anilines is 1. The molecule has 6 nitrogen and oxygen atoms in total. The van der Waals surface area contributed by atoms with Gasteiger partial charge in [0.25, 0.3) is 0 Å². The molecule has 0 bridgehead atoms. The summed E-state index contributed by atoms with van der Waals surface area (Å²) >= 11 is 5.92. The molecule has 1 heterocycles. The predicted molar refractivity (Wildman–Crippen MR) is 80.7 cm³/mol. The molecule has 0 radical (unpaired) electrons. The number of ether oxygens (including phenoxy) is 1. The van der Waals surface area contributed by atoms with Crippen LogP contribution in [0.3, 0.4) is 0 Å². The maximum absolute atomic E-state index is 12.1. The third-order valence-electron chi connectivity index (χ3n) is 3.23. The molecule has 2 amide bonds. The van der Waals surface area contributed by atoms with E-state index in [0.717, 1.165) is 13.0 Å². The smallest absolute Gasteiger partial charge is 0.313 e. The van der Waals surface area contributed by atoms with E-state index in [9.17, 15) is 9.59 Å². The molecule has 1 fully saturated rings. The van der Waals surface area contributed by atoms with E-state index in [2.05, 4.69) is 10.6 Å². The molecule has 21 heavy (non-hydrogen) atoms. The van der Waals surface area contributed by atoms with Crippen LogP contribution in [0.15, 0.2) is 18.2 Å². The number of halogens is 1. The Morgan fingerprint density at radius 1 is 1.33 bits per heavy atom. The standard InChI is InChI=1S/C14H18ClN3O3/c1-21-12-9-10(3-4-11(12)15)17-13(19)14(20)18-7-2-5-16-6-8-18/h3-4,9,16H,2,5-8H2,1H3,(H,17,19). The van der Waals surface area contributed by atoms with Crippen molar-refractivity contribution in [3.63, 3.8) is 0 Å². The number of nitrogens with one attached hydrogen (secondary N) is 2. The number of rotatable bonds is 2. The second kappa shape index (κ2) is 7.28. The van der Waals surface area contributed by atoms with Gasteiger partial charge >= 0.3 is 11.8 Å². The number of hydrogen-bond acceptors (Lipinski definition) is 4. The molecule has 114 valence electrons. The topological polar surface area (TPSA) is 70.7 Å². The Hall–Kier alpha value is -1.79. The second-order valence-corrected chi connectivity index (χ2v) is 5.11. The van der Waals surface area contributed by atoms with E-state index in [0.29, 0.717) is 36.1 Å². The van der Waals surface area contributed by atoms with Crippen molar-refractivity contribution in [2.75, 3.05) is 38.6 Å². The van der Waals surface area contributed by atoms with Crippen molar-refractivity contribution in [2.24, 2.45) is 0 Å². The zero-order valence-corrected chi connectivity index (χ0v) is 12.6. The van der Waals surface area contributed by atoms with Gasteiger partial charge in [-0.25, -0.2) is 0 Å². The van der Waals surface area contributed by atoms with Gasteiger partial charge in [-0.2, -0.15) is 0 Å². The van der Waals surface area contributed by atoms with Crippen LogP contribution >= 0.6 is 11.6 Å². The molecular formula is C14H18ClN3O3. The summed E-state index contributed by atoms with van der Waals surface area (Å²) in [5.41, 5.74) is 0.475. The van der Waals surface area contributed by atoms with Crippen LogP contribution in [0.5, 0.6) is 5.75 Å². The predicted octanol–water partition coefficient (Wildman–Crippen LogP) is 1.11. The average Bonchev–Trinajstić information content (AvgIpc) is 2.77. The molecule has 0 aliphatic carbocycles. The van der Waals surface area contributed by atoms with E-state index in [1.165, 1.54) is 7.11 Å². The number of nitrogens with zero attached hydrogens (tertiary/aromatic N) is 1. The average molecular weight is 312 g/mol. The van der Waals surface area contributed by atoms with Crippen LogP contribution in [-0.2, 0) is 9.59 Å². The zero-order chi connectivity index (χ0) is 15.2. The normalized spacial score (nSPS) is 15.2. The first-order valence-corrected chi connectivity index (χ1v) is 7.14. The lowest BCUT2D eigenvalue weighted by atomic mass is 10.3. The van der Waals surface area contributed by atoms with Gasteiger partial charge in [0.2, 0.25) is 0 Å². The third-order valence-corrected chi connectivity index (χ3v) is 3.54. The quantitative estimate of drug-likeness (QED) is 0.803. The lowest BCUT2D eigenvalue weighted by Gasteiger charge is -2.19. The molecule has 0 aromatic heterocycles. The highest BCUT2D eigenvalue weighted by Gasteiger charge is 2.22. The number of benzene rings is 1. The van der Waals surface area contributed by atoms with Crippen molar-refractivity contribution in [1.82, 2.24) is 10.2 Å². The molecule has 0 atom stereocenters. The number of hydrogen-bond donors (Lipinski definition) is 2. The summed E-state index contributed by atoms with van der Waals surface area (Å²) in [5, 5.41) is 6.20. The Balaban J connectivity index is 2.01. The van der Waals surface area contributed by atoms with Gasteiger partial charge in [0.05, 0.1) is 12.1 Å². The highest BCUT2D eigenvalue weighted by molar-refractivity contribution is 6.39. The van der Waals surface area contributed by atoms with Crippen LogP contribution in [0.2, 0.25) is 5.02 Å². The van der Waals surface area contributed by atoms with E-state index >= 15 is 0 Å². The van der Waals surface area contributed by atoms with Gasteiger partial charge < -0.3 is 20.3 Å². The number of methoxy groups -OCH3 is 1. The first-order valence-electron chi connectivity index (χ1n) is 6.76. The monoisotopic (exact) mass is 311 g/mol. The molecule has 0 saturated carbocycles. The maximum Gasteiger partial charge on any atom is 0.313 e. The van der Waals surface area contributed by atoms with Crippen LogP contribution in [-0.4, -0.2) is 50.0 Å². The molecule has 7 heteroatoms. The second-order valence-electron chi connectivity index (χ2n) is 4.70. The van der Waals surface area contributed by atoms with Crippen molar-refractivity contribution in [3.05, 3.63) is 23.2 Å². The molecule has 0 unspecified atom stereocenters. The Bertz CT molecular complexity index is 528. The molecule has 1 aliphatic rings. The summed E-state index contributed by atoms with van der Waals surface area (Å²) in [5.74, 6) is -0.727. The van der Waals surface area contributed by atoms with Crippen molar-refractivity contribution < 1.29 is 14.3 Å². The van der Waals surface area contributed by atoms with E-state index in [1.807, 2.05) is 0 Å². The van der Waals surface area contributed by atoms with E-state index in [-0.39, 0.29) is 0 Å². The fraction of sp³-hybridized carbons (Fsp3) is 0.429. The summed E-state index contributed by atoms with van der Waals surface area (Å²) in [6.07, 6.45) is 0.841. The fourth-order valence-corrected chi connectivity index (χ4v) is 2.31.